The predicted molar refractivity (Wildman–Crippen MR) is 103 cm³/mol. The molecule has 0 aliphatic carbocycles. The maximum absolute atomic E-state index is 12.2. The molecule has 0 radical (unpaired) electrons. The van der Waals surface area contributed by atoms with Crippen molar-refractivity contribution in [2.75, 3.05) is 13.7 Å². The van der Waals surface area contributed by atoms with Gasteiger partial charge in [0.25, 0.3) is 11.6 Å². The Hall–Kier alpha value is -2.65. The molecule has 1 amide bonds. The second kappa shape index (κ2) is 7.30. The van der Waals surface area contributed by atoms with Gasteiger partial charge in [0.15, 0.2) is 0 Å². The van der Waals surface area contributed by atoms with E-state index in [2.05, 4.69) is 0 Å². The van der Waals surface area contributed by atoms with E-state index in [1.54, 1.807) is 30.3 Å². The fraction of sp³-hybridized carbons (Fsp3) is 0.176. The zero-order valence-electron chi connectivity index (χ0n) is 13.9. The number of hydrogen-bond donors (Lipinski definition) is 0. The minimum atomic E-state index is -0.494. The van der Waals surface area contributed by atoms with E-state index in [1.165, 1.54) is 29.8 Å². The van der Waals surface area contributed by atoms with Crippen LogP contribution in [0.3, 0.4) is 0 Å². The number of thioether (sulfide) groups is 1. The van der Waals surface area contributed by atoms with Gasteiger partial charge in [0.1, 0.15) is 21.6 Å². The van der Waals surface area contributed by atoms with Crippen LogP contribution in [-0.4, -0.2) is 33.7 Å². The summed E-state index contributed by atoms with van der Waals surface area (Å²) in [5, 5.41) is 11.3. The Morgan fingerprint density at radius 1 is 1.38 bits per heavy atom. The highest BCUT2D eigenvalue weighted by Gasteiger charge is 2.31. The molecule has 2 aromatic rings. The van der Waals surface area contributed by atoms with E-state index in [1.807, 2.05) is 6.92 Å². The van der Waals surface area contributed by atoms with Crippen LogP contribution in [0.25, 0.3) is 17.4 Å². The number of likely N-dealkylation sites (N-methyl/N-ethyl adjacent to an activating group) is 1. The Balaban J connectivity index is 1.94. The van der Waals surface area contributed by atoms with Crippen LogP contribution in [0, 0.1) is 10.1 Å². The molecule has 0 N–H and O–H groups in total. The van der Waals surface area contributed by atoms with E-state index in [0.29, 0.717) is 38.6 Å². The Bertz CT molecular complexity index is 935. The molecule has 9 heteroatoms. The Morgan fingerprint density at radius 3 is 2.77 bits per heavy atom. The minimum Gasteiger partial charge on any atom is -0.497 e. The first-order chi connectivity index (χ1) is 12.4. The lowest BCUT2D eigenvalue weighted by atomic mass is 10.1. The van der Waals surface area contributed by atoms with Gasteiger partial charge in [-0.25, -0.2) is 0 Å². The van der Waals surface area contributed by atoms with Gasteiger partial charge in [-0.1, -0.05) is 24.0 Å². The average molecular weight is 390 g/mol. The first-order valence-corrected chi connectivity index (χ1v) is 8.85. The molecule has 0 unspecified atom stereocenters. The smallest absolute Gasteiger partial charge is 0.284 e. The summed E-state index contributed by atoms with van der Waals surface area (Å²) in [5.74, 6) is 0.963. The third-order valence-electron chi connectivity index (χ3n) is 3.76. The summed E-state index contributed by atoms with van der Waals surface area (Å²) in [6.45, 7) is 2.35. The van der Waals surface area contributed by atoms with Gasteiger partial charge in [0.2, 0.25) is 0 Å². The number of furan rings is 1. The highest BCUT2D eigenvalue weighted by atomic mass is 32.2. The van der Waals surface area contributed by atoms with Gasteiger partial charge < -0.3 is 9.15 Å². The SMILES string of the molecule is CCN1C(=O)/C(=C/c2ccc(-c3ccc(OC)cc3[N+](=O)[O-])o2)SC1=S. The second-order valence-electron chi connectivity index (χ2n) is 5.27. The first kappa shape index (κ1) is 18.2. The molecule has 26 heavy (non-hydrogen) atoms. The maximum Gasteiger partial charge on any atom is 0.284 e. The van der Waals surface area contributed by atoms with Gasteiger partial charge in [0, 0.05) is 12.6 Å². The number of carbonyl (C=O) groups is 1. The van der Waals surface area contributed by atoms with E-state index >= 15 is 0 Å². The molecule has 1 aliphatic rings. The molecule has 3 rings (SSSR count). The number of ether oxygens (including phenoxy) is 1. The van der Waals surface area contributed by atoms with Crippen molar-refractivity contribution in [2.24, 2.45) is 0 Å². The zero-order chi connectivity index (χ0) is 18.8. The molecule has 0 atom stereocenters. The summed E-state index contributed by atoms with van der Waals surface area (Å²) in [5.41, 5.74) is 0.208. The van der Waals surface area contributed by atoms with Crippen LogP contribution in [0.15, 0.2) is 39.7 Å². The van der Waals surface area contributed by atoms with E-state index in [4.69, 9.17) is 21.4 Å². The lowest BCUT2D eigenvalue weighted by Gasteiger charge is -2.09. The van der Waals surface area contributed by atoms with Gasteiger partial charge in [0.05, 0.1) is 28.6 Å². The number of benzene rings is 1. The highest BCUT2D eigenvalue weighted by molar-refractivity contribution is 8.26. The van der Waals surface area contributed by atoms with Crippen LogP contribution < -0.4 is 4.74 Å². The van der Waals surface area contributed by atoms with Crippen molar-refractivity contribution in [3.05, 3.63) is 51.1 Å². The van der Waals surface area contributed by atoms with Crippen LogP contribution in [-0.2, 0) is 4.79 Å². The van der Waals surface area contributed by atoms with Gasteiger partial charge in [-0.15, -0.1) is 0 Å². The fourth-order valence-corrected chi connectivity index (χ4v) is 3.84. The summed E-state index contributed by atoms with van der Waals surface area (Å²) in [7, 11) is 1.44. The van der Waals surface area contributed by atoms with Crippen LogP contribution in [0.2, 0.25) is 0 Å². The summed E-state index contributed by atoms with van der Waals surface area (Å²) in [4.78, 5) is 25.0. The Labute approximate surface area is 158 Å². The molecule has 0 saturated carbocycles. The van der Waals surface area contributed by atoms with Gasteiger partial charge in [-0.05, 0) is 31.2 Å². The average Bonchev–Trinajstić information content (AvgIpc) is 3.19. The summed E-state index contributed by atoms with van der Waals surface area (Å²) >= 11 is 6.37. The molecular formula is C17H14N2O5S2. The van der Waals surface area contributed by atoms with Gasteiger partial charge >= 0.3 is 0 Å². The van der Waals surface area contributed by atoms with Gasteiger partial charge in [-0.2, -0.15) is 0 Å². The molecule has 7 nitrogen and oxygen atoms in total. The first-order valence-electron chi connectivity index (χ1n) is 7.62. The van der Waals surface area contributed by atoms with Crippen LogP contribution >= 0.6 is 24.0 Å². The number of hydrogen-bond acceptors (Lipinski definition) is 7. The number of nitro benzene ring substituents is 1. The number of rotatable bonds is 5. The van der Waals surface area contributed by atoms with Gasteiger partial charge in [-0.3, -0.25) is 19.8 Å². The third-order valence-corrected chi connectivity index (χ3v) is 5.13. The van der Waals surface area contributed by atoms with Crippen LogP contribution in [0.5, 0.6) is 5.75 Å². The molecular weight excluding hydrogens is 376 g/mol. The normalized spacial score (nSPS) is 15.8. The topological polar surface area (TPSA) is 85.8 Å². The van der Waals surface area contributed by atoms with Crippen molar-refractivity contribution < 1.29 is 18.9 Å². The molecule has 134 valence electrons. The quantitative estimate of drug-likeness (QED) is 0.329. The van der Waals surface area contributed by atoms with E-state index in [-0.39, 0.29) is 11.6 Å². The number of thiocarbonyl (C=S) groups is 1. The Kier molecular flexibility index (Phi) is 5.10. The molecule has 2 heterocycles. The molecule has 1 aliphatic heterocycles. The second-order valence-corrected chi connectivity index (χ2v) is 6.94. The van der Waals surface area contributed by atoms with Crippen LogP contribution in [0.4, 0.5) is 5.69 Å². The summed E-state index contributed by atoms with van der Waals surface area (Å²) in [6, 6.07) is 7.81. The minimum absolute atomic E-state index is 0.123. The molecule has 0 spiro atoms. The summed E-state index contributed by atoms with van der Waals surface area (Å²) in [6.07, 6.45) is 1.59. The number of amides is 1. The lowest BCUT2D eigenvalue weighted by molar-refractivity contribution is -0.384. The lowest BCUT2D eigenvalue weighted by Crippen LogP contribution is -2.27. The molecule has 1 aromatic heterocycles. The van der Waals surface area contributed by atoms with E-state index in [9.17, 15) is 14.9 Å². The molecule has 0 bridgehead atoms. The number of nitro groups is 1. The van der Waals surface area contributed by atoms with Crippen molar-refractivity contribution in [1.29, 1.82) is 0 Å². The molecule has 1 fully saturated rings. The van der Waals surface area contributed by atoms with Crippen molar-refractivity contribution in [2.45, 2.75) is 6.92 Å². The van der Waals surface area contributed by atoms with E-state index < -0.39 is 4.92 Å². The van der Waals surface area contributed by atoms with E-state index in [0.717, 1.165) is 0 Å². The maximum atomic E-state index is 12.2. The fourth-order valence-electron chi connectivity index (χ4n) is 2.47. The van der Waals surface area contributed by atoms with Crippen molar-refractivity contribution in [3.8, 4) is 17.1 Å². The van der Waals surface area contributed by atoms with Crippen molar-refractivity contribution in [3.63, 3.8) is 0 Å². The number of carbonyl (C=O) groups excluding carboxylic acids is 1. The largest absolute Gasteiger partial charge is 0.497 e. The number of nitrogens with zero attached hydrogens (tertiary/aromatic N) is 2. The van der Waals surface area contributed by atoms with Crippen molar-refractivity contribution in [1.82, 2.24) is 4.90 Å². The highest BCUT2D eigenvalue weighted by Crippen LogP contribution is 2.36. The van der Waals surface area contributed by atoms with Crippen LogP contribution in [0.1, 0.15) is 12.7 Å². The monoisotopic (exact) mass is 390 g/mol. The molecule has 1 aromatic carbocycles. The Morgan fingerprint density at radius 2 is 2.15 bits per heavy atom. The third kappa shape index (κ3) is 3.35. The molecule has 1 saturated heterocycles. The predicted octanol–water partition coefficient (Wildman–Crippen LogP) is 4.08. The van der Waals surface area contributed by atoms with Crippen molar-refractivity contribution >= 4 is 46.0 Å². The standard InChI is InChI=1S/C17H14N2O5S2/c1-3-18-16(20)15(26-17(18)25)9-11-5-7-14(24-11)12-6-4-10(23-2)8-13(12)19(21)22/h4-9H,3H2,1-2H3/b15-9-. The number of methoxy groups -OCH3 is 1. The zero-order valence-corrected chi connectivity index (χ0v) is 15.6. The summed E-state index contributed by atoms with van der Waals surface area (Å²) < 4.78 is 11.2.